The maximum Gasteiger partial charge on any atom is 0.121 e. The van der Waals surface area contributed by atoms with E-state index in [2.05, 4.69) is 21.5 Å². The molecule has 1 N–H and O–H groups in total. The Morgan fingerprint density at radius 1 is 0.923 bits per heavy atom. The summed E-state index contributed by atoms with van der Waals surface area (Å²) < 4.78 is 9.66. The van der Waals surface area contributed by atoms with Gasteiger partial charge in [-0.15, -0.1) is 0 Å². The number of anilines is 2. The van der Waals surface area contributed by atoms with E-state index >= 15 is 0 Å². The van der Waals surface area contributed by atoms with Crippen LogP contribution in [-0.4, -0.2) is 25.9 Å². The third-order valence-corrected chi connectivity index (χ3v) is 3.92. The molecular weight excluding hydrogens is 326 g/mol. The third-order valence-electron chi connectivity index (χ3n) is 3.92. The first-order valence-electron chi connectivity index (χ1n) is 8.42. The average molecular weight is 345 g/mol. The van der Waals surface area contributed by atoms with E-state index in [-0.39, 0.29) is 0 Å². The van der Waals surface area contributed by atoms with Crippen molar-refractivity contribution in [1.29, 1.82) is 0 Å². The van der Waals surface area contributed by atoms with Gasteiger partial charge in [-0.1, -0.05) is 12.1 Å². The van der Waals surface area contributed by atoms with Crippen molar-refractivity contribution in [3.63, 3.8) is 0 Å². The number of benzene rings is 2. The third kappa shape index (κ3) is 3.92. The van der Waals surface area contributed by atoms with Crippen LogP contribution in [0.4, 0.5) is 11.4 Å². The van der Waals surface area contributed by atoms with Crippen molar-refractivity contribution in [2.24, 2.45) is 0 Å². The zero-order valence-electron chi connectivity index (χ0n) is 14.2. The molecule has 6 nitrogen and oxygen atoms in total. The molecule has 0 spiro atoms. The van der Waals surface area contributed by atoms with Crippen LogP contribution >= 0.6 is 0 Å². The van der Waals surface area contributed by atoms with Crippen LogP contribution in [0.1, 0.15) is 0 Å². The lowest BCUT2D eigenvalue weighted by atomic mass is 10.2. The molecule has 0 atom stereocenters. The highest BCUT2D eigenvalue weighted by Crippen LogP contribution is 2.23. The molecule has 0 amide bonds. The number of aromatic nitrogens is 4. The van der Waals surface area contributed by atoms with Crippen LogP contribution in [0.2, 0.25) is 0 Å². The summed E-state index contributed by atoms with van der Waals surface area (Å²) in [6.45, 7) is 1.36. The topological polar surface area (TPSA) is 56.9 Å². The highest BCUT2D eigenvalue weighted by atomic mass is 16.5. The number of nitrogens with one attached hydrogen (secondary N) is 1. The zero-order valence-corrected chi connectivity index (χ0v) is 14.2. The molecule has 0 bridgehead atoms. The van der Waals surface area contributed by atoms with Gasteiger partial charge in [0.05, 0.1) is 18.6 Å². The fourth-order valence-corrected chi connectivity index (χ4v) is 2.67. The predicted molar refractivity (Wildman–Crippen MR) is 101 cm³/mol. The minimum Gasteiger partial charge on any atom is -0.492 e. The summed E-state index contributed by atoms with van der Waals surface area (Å²) in [4.78, 5) is 4.03. The quantitative estimate of drug-likeness (QED) is 0.552. The van der Waals surface area contributed by atoms with Crippen LogP contribution in [-0.2, 0) is 6.54 Å². The predicted octanol–water partition coefficient (Wildman–Crippen LogP) is 3.89. The molecule has 2 heterocycles. The van der Waals surface area contributed by atoms with Gasteiger partial charge in [0, 0.05) is 42.2 Å². The monoisotopic (exact) mass is 345 g/mol. The van der Waals surface area contributed by atoms with Crippen molar-refractivity contribution in [1.82, 2.24) is 19.3 Å². The van der Waals surface area contributed by atoms with Crippen LogP contribution in [0.3, 0.4) is 0 Å². The van der Waals surface area contributed by atoms with Gasteiger partial charge in [-0.25, -0.2) is 9.67 Å². The maximum atomic E-state index is 5.84. The van der Waals surface area contributed by atoms with Crippen LogP contribution in [0.25, 0.3) is 5.69 Å². The Morgan fingerprint density at radius 3 is 2.62 bits per heavy atom. The lowest BCUT2D eigenvalue weighted by Crippen LogP contribution is -2.06. The first-order chi connectivity index (χ1) is 12.9. The van der Waals surface area contributed by atoms with E-state index in [4.69, 9.17) is 4.74 Å². The molecule has 4 aromatic rings. The lowest BCUT2D eigenvalue weighted by Gasteiger charge is -2.11. The molecule has 130 valence electrons. The van der Waals surface area contributed by atoms with Gasteiger partial charge in [-0.3, -0.25) is 0 Å². The van der Waals surface area contributed by atoms with Gasteiger partial charge in [-0.05, 0) is 36.4 Å². The van der Waals surface area contributed by atoms with Crippen molar-refractivity contribution in [3.05, 3.63) is 85.7 Å². The highest BCUT2D eigenvalue weighted by Gasteiger charge is 2.01. The van der Waals surface area contributed by atoms with Crippen molar-refractivity contribution >= 4 is 11.4 Å². The van der Waals surface area contributed by atoms with E-state index in [0.717, 1.165) is 29.4 Å². The molecule has 0 aliphatic rings. The Morgan fingerprint density at radius 2 is 1.81 bits per heavy atom. The van der Waals surface area contributed by atoms with Crippen LogP contribution < -0.4 is 10.1 Å². The summed E-state index contributed by atoms with van der Waals surface area (Å²) in [7, 11) is 0. The van der Waals surface area contributed by atoms with E-state index in [0.29, 0.717) is 6.61 Å². The van der Waals surface area contributed by atoms with Crippen LogP contribution in [0.5, 0.6) is 5.75 Å². The molecule has 0 aliphatic carbocycles. The Hall–Kier alpha value is -3.54. The second-order valence-corrected chi connectivity index (χ2v) is 5.80. The van der Waals surface area contributed by atoms with E-state index in [1.165, 1.54) is 0 Å². The number of nitrogens with zero attached hydrogens (tertiary/aromatic N) is 4. The zero-order chi connectivity index (χ0) is 17.6. The number of rotatable bonds is 7. The Balaban J connectivity index is 1.41. The van der Waals surface area contributed by atoms with Gasteiger partial charge in [0.1, 0.15) is 12.4 Å². The number of imidazole rings is 1. The molecular formula is C20H19N5O. The average Bonchev–Trinajstić information content (AvgIpc) is 3.37. The van der Waals surface area contributed by atoms with Crippen LogP contribution in [0.15, 0.2) is 85.7 Å². The van der Waals surface area contributed by atoms with Gasteiger partial charge in [0.15, 0.2) is 0 Å². The second-order valence-electron chi connectivity index (χ2n) is 5.80. The summed E-state index contributed by atoms with van der Waals surface area (Å²) in [5, 5.41) is 7.68. The number of ether oxygens (including phenoxy) is 1. The fourth-order valence-electron chi connectivity index (χ4n) is 2.67. The normalized spacial score (nSPS) is 10.6. The Bertz CT molecular complexity index is 948. The smallest absolute Gasteiger partial charge is 0.121 e. The molecule has 0 fully saturated rings. The summed E-state index contributed by atoms with van der Waals surface area (Å²) in [6, 6.07) is 18.0. The molecule has 0 saturated carbocycles. The Labute approximate surface area is 151 Å². The van der Waals surface area contributed by atoms with E-state index < -0.39 is 0 Å². The largest absolute Gasteiger partial charge is 0.492 e. The molecule has 6 heteroatoms. The first-order valence-corrected chi connectivity index (χ1v) is 8.42. The number of hydrogen-bond donors (Lipinski definition) is 1. The summed E-state index contributed by atoms with van der Waals surface area (Å²) >= 11 is 0. The van der Waals surface area contributed by atoms with Crippen molar-refractivity contribution in [2.45, 2.75) is 6.54 Å². The van der Waals surface area contributed by atoms with Gasteiger partial charge in [0.25, 0.3) is 0 Å². The highest BCUT2D eigenvalue weighted by molar-refractivity contribution is 5.63. The van der Waals surface area contributed by atoms with Crippen molar-refractivity contribution < 1.29 is 4.74 Å². The Kier molecular flexibility index (Phi) is 4.64. The lowest BCUT2D eigenvalue weighted by molar-refractivity contribution is 0.298. The van der Waals surface area contributed by atoms with Gasteiger partial charge < -0.3 is 14.6 Å². The minimum atomic E-state index is 0.592. The standard InChI is InChI=1S/C20H19N5O/c1-4-17(14-19(6-1)25-10-3-8-22-25)23-18-5-2-7-20(15-18)26-13-12-24-11-9-21-16-24/h1-11,14-16,23H,12-13H2. The molecule has 0 saturated heterocycles. The van der Waals surface area contributed by atoms with Gasteiger partial charge >= 0.3 is 0 Å². The summed E-state index contributed by atoms with van der Waals surface area (Å²) in [6.07, 6.45) is 9.17. The van der Waals surface area contributed by atoms with Crippen LogP contribution in [0, 0.1) is 0 Å². The molecule has 4 rings (SSSR count). The first kappa shape index (κ1) is 16.0. The SMILES string of the molecule is c1cc(Nc2cccc(-n3cccn3)c2)cc(OCCn2ccnc2)c1. The van der Waals surface area contributed by atoms with Gasteiger partial charge in [0.2, 0.25) is 0 Å². The molecule has 26 heavy (non-hydrogen) atoms. The molecule has 0 aliphatic heterocycles. The van der Waals surface area contributed by atoms with E-state index in [1.807, 2.05) is 70.2 Å². The molecule has 0 unspecified atom stereocenters. The maximum absolute atomic E-state index is 5.84. The van der Waals surface area contributed by atoms with Crippen molar-refractivity contribution in [2.75, 3.05) is 11.9 Å². The van der Waals surface area contributed by atoms with Gasteiger partial charge in [-0.2, -0.15) is 5.10 Å². The summed E-state index contributed by atoms with van der Waals surface area (Å²) in [5.41, 5.74) is 2.98. The van der Waals surface area contributed by atoms with E-state index in [1.54, 1.807) is 18.7 Å². The van der Waals surface area contributed by atoms with E-state index in [9.17, 15) is 0 Å². The fraction of sp³-hybridized carbons (Fsp3) is 0.100. The molecule has 0 radical (unpaired) electrons. The second kappa shape index (κ2) is 7.57. The minimum absolute atomic E-state index is 0.592. The van der Waals surface area contributed by atoms with Crippen molar-refractivity contribution in [3.8, 4) is 11.4 Å². The number of hydrogen-bond acceptors (Lipinski definition) is 4. The summed E-state index contributed by atoms with van der Waals surface area (Å²) in [5.74, 6) is 0.832. The molecule has 2 aromatic carbocycles. The molecule has 2 aromatic heterocycles.